The first-order chi connectivity index (χ1) is 5.95. The van der Waals surface area contributed by atoms with E-state index in [1.54, 1.807) is 17.0 Å². The summed E-state index contributed by atoms with van der Waals surface area (Å²) in [7, 11) is 0. The first-order valence-corrected chi connectivity index (χ1v) is 3.42. The molecule has 3 rings (SSSR count). The van der Waals surface area contributed by atoms with E-state index in [0.29, 0.717) is 0 Å². The van der Waals surface area contributed by atoms with E-state index in [1.165, 1.54) is 6.33 Å². The van der Waals surface area contributed by atoms with Gasteiger partial charge in [0.05, 0.1) is 11.6 Å². The highest BCUT2D eigenvalue weighted by Crippen LogP contribution is 2.10. The van der Waals surface area contributed by atoms with Gasteiger partial charge in [0, 0.05) is 0 Å². The van der Waals surface area contributed by atoms with Crippen LogP contribution in [-0.4, -0.2) is 29.8 Å². The zero-order chi connectivity index (χ0) is 7.97. The van der Waals surface area contributed by atoms with Gasteiger partial charge in [0.15, 0.2) is 11.3 Å². The summed E-state index contributed by atoms with van der Waals surface area (Å²) in [5, 5.41) is 11.5. The Hall–Kier alpha value is -1.98. The lowest BCUT2D eigenvalue weighted by Crippen LogP contribution is -1.89. The molecule has 6 heteroatoms. The van der Waals surface area contributed by atoms with Crippen LogP contribution in [0.1, 0.15) is 0 Å². The minimum atomic E-state index is 0.732. The minimum absolute atomic E-state index is 0.732. The number of hydrogen-bond acceptors (Lipinski definition) is 4. The summed E-state index contributed by atoms with van der Waals surface area (Å²) in [6.07, 6.45) is 4.78. The average molecular weight is 160 g/mol. The average Bonchev–Trinajstić information content (AvgIpc) is 2.71. The van der Waals surface area contributed by atoms with Gasteiger partial charge in [-0.05, 0) is 0 Å². The standard InChI is InChI=1S/C6H4N6/c1-4-5(11-9-1)8-3-12-6(4)7-2-10-12/h1-3H,(H,9,11). The smallest absolute Gasteiger partial charge is 0.169 e. The van der Waals surface area contributed by atoms with Gasteiger partial charge in [0.25, 0.3) is 0 Å². The summed E-state index contributed by atoms with van der Waals surface area (Å²) in [5.41, 5.74) is 1.50. The molecule has 0 spiro atoms. The second-order valence-electron chi connectivity index (χ2n) is 2.41. The van der Waals surface area contributed by atoms with Gasteiger partial charge in [-0.3, -0.25) is 5.10 Å². The molecule has 0 bridgehead atoms. The largest absolute Gasteiger partial charge is 0.261 e. The summed E-state index contributed by atoms with van der Waals surface area (Å²) >= 11 is 0. The van der Waals surface area contributed by atoms with Gasteiger partial charge in [0.2, 0.25) is 0 Å². The van der Waals surface area contributed by atoms with E-state index in [4.69, 9.17) is 0 Å². The summed E-state index contributed by atoms with van der Waals surface area (Å²) < 4.78 is 1.61. The molecule has 3 aromatic heterocycles. The van der Waals surface area contributed by atoms with Gasteiger partial charge >= 0.3 is 0 Å². The number of nitrogens with one attached hydrogen (secondary N) is 1. The third kappa shape index (κ3) is 0.541. The Labute approximate surface area is 66.3 Å². The molecule has 0 aromatic carbocycles. The van der Waals surface area contributed by atoms with Crippen molar-refractivity contribution in [2.24, 2.45) is 0 Å². The monoisotopic (exact) mass is 160 g/mol. The van der Waals surface area contributed by atoms with Crippen molar-refractivity contribution in [2.75, 3.05) is 0 Å². The van der Waals surface area contributed by atoms with Crippen LogP contribution in [0.25, 0.3) is 16.7 Å². The molecule has 12 heavy (non-hydrogen) atoms. The maximum atomic E-state index is 4.08. The van der Waals surface area contributed by atoms with Crippen molar-refractivity contribution in [1.82, 2.24) is 29.8 Å². The third-order valence-corrected chi connectivity index (χ3v) is 1.73. The highest BCUT2D eigenvalue weighted by Gasteiger charge is 2.03. The van der Waals surface area contributed by atoms with E-state index in [9.17, 15) is 0 Å². The van der Waals surface area contributed by atoms with Crippen LogP contribution in [0.15, 0.2) is 18.9 Å². The molecule has 1 N–H and O–H groups in total. The van der Waals surface area contributed by atoms with Crippen molar-refractivity contribution >= 4 is 16.7 Å². The normalized spacial score (nSPS) is 11.3. The molecule has 6 nitrogen and oxygen atoms in total. The van der Waals surface area contributed by atoms with Gasteiger partial charge < -0.3 is 0 Å². The second-order valence-corrected chi connectivity index (χ2v) is 2.41. The molecular weight excluding hydrogens is 156 g/mol. The topological polar surface area (TPSA) is 71.8 Å². The van der Waals surface area contributed by atoms with Gasteiger partial charge in [-0.15, -0.1) is 0 Å². The Morgan fingerprint density at radius 3 is 3.33 bits per heavy atom. The van der Waals surface area contributed by atoms with Crippen LogP contribution in [0.3, 0.4) is 0 Å². The molecule has 0 aliphatic rings. The number of rotatable bonds is 0. The fraction of sp³-hybridized carbons (Fsp3) is 0. The Morgan fingerprint density at radius 1 is 1.33 bits per heavy atom. The zero-order valence-electron chi connectivity index (χ0n) is 5.97. The number of nitrogens with zero attached hydrogens (tertiary/aromatic N) is 5. The quantitative estimate of drug-likeness (QED) is 0.502. The van der Waals surface area contributed by atoms with Crippen LogP contribution in [-0.2, 0) is 0 Å². The SMILES string of the molecule is c1nc2c3cn[nH]c3ncn2n1. The van der Waals surface area contributed by atoms with Crippen molar-refractivity contribution < 1.29 is 0 Å². The molecule has 0 aliphatic carbocycles. The Kier molecular flexibility index (Phi) is 0.840. The maximum Gasteiger partial charge on any atom is 0.169 e. The van der Waals surface area contributed by atoms with Crippen LogP contribution in [0, 0.1) is 0 Å². The molecule has 3 aromatic rings. The molecule has 0 saturated carbocycles. The lowest BCUT2D eigenvalue weighted by molar-refractivity contribution is 0.930. The van der Waals surface area contributed by atoms with E-state index < -0.39 is 0 Å². The molecule has 0 radical (unpaired) electrons. The number of aromatic nitrogens is 6. The molecule has 0 amide bonds. The highest BCUT2D eigenvalue weighted by atomic mass is 15.3. The molecule has 0 saturated heterocycles. The van der Waals surface area contributed by atoms with E-state index in [0.717, 1.165) is 16.7 Å². The zero-order valence-corrected chi connectivity index (χ0v) is 5.97. The van der Waals surface area contributed by atoms with Gasteiger partial charge in [-0.1, -0.05) is 0 Å². The summed E-state index contributed by atoms with van der Waals surface area (Å²) in [5.74, 6) is 0. The van der Waals surface area contributed by atoms with Crippen molar-refractivity contribution in [3.05, 3.63) is 18.9 Å². The molecule has 3 heterocycles. The van der Waals surface area contributed by atoms with Crippen molar-refractivity contribution in [1.29, 1.82) is 0 Å². The summed E-state index contributed by atoms with van der Waals surface area (Å²) in [6.45, 7) is 0. The van der Waals surface area contributed by atoms with E-state index in [1.807, 2.05) is 0 Å². The molecule has 0 atom stereocenters. The predicted molar refractivity (Wildman–Crippen MR) is 40.4 cm³/mol. The lowest BCUT2D eigenvalue weighted by atomic mass is 10.4. The van der Waals surface area contributed by atoms with Gasteiger partial charge in [0.1, 0.15) is 12.7 Å². The summed E-state index contributed by atoms with van der Waals surface area (Å²) in [6, 6.07) is 0. The number of fused-ring (bicyclic) bond motifs is 3. The second kappa shape index (κ2) is 1.79. The van der Waals surface area contributed by atoms with Crippen LogP contribution >= 0.6 is 0 Å². The van der Waals surface area contributed by atoms with Gasteiger partial charge in [-0.25, -0.2) is 14.5 Å². The van der Waals surface area contributed by atoms with E-state index >= 15 is 0 Å². The number of aromatic amines is 1. The minimum Gasteiger partial charge on any atom is -0.261 e. The fourth-order valence-electron chi connectivity index (χ4n) is 1.18. The van der Waals surface area contributed by atoms with Crippen LogP contribution in [0.2, 0.25) is 0 Å². The predicted octanol–water partition coefficient (Wildman–Crippen LogP) is 0.000600. The van der Waals surface area contributed by atoms with Crippen LogP contribution < -0.4 is 0 Å². The molecule has 58 valence electrons. The summed E-state index contributed by atoms with van der Waals surface area (Å²) in [4.78, 5) is 8.15. The third-order valence-electron chi connectivity index (χ3n) is 1.73. The van der Waals surface area contributed by atoms with Gasteiger partial charge in [-0.2, -0.15) is 10.2 Å². The Morgan fingerprint density at radius 2 is 2.33 bits per heavy atom. The van der Waals surface area contributed by atoms with Crippen molar-refractivity contribution in [2.45, 2.75) is 0 Å². The molecule has 0 fully saturated rings. The lowest BCUT2D eigenvalue weighted by Gasteiger charge is -1.89. The number of H-pyrrole nitrogens is 1. The molecule has 0 aliphatic heterocycles. The first-order valence-electron chi connectivity index (χ1n) is 3.42. The Bertz CT molecular complexity index is 485. The number of hydrogen-bond donors (Lipinski definition) is 1. The highest BCUT2D eigenvalue weighted by molar-refractivity contribution is 5.87. The van der Waals surface area contributed by atoms with Crippen LogP contribution in [0.5, 0.6) is 0 Å². The molecular formula is C6H4N6. The fourth-order valence-corrected chi connectivity index (χ4v) is 1.18. The molecule has 0 unspecified atom stereocenters. The van der Waals surface area contributed by atoms with Crippen molar-refractivity contribution in [3.8, 4) is 0 Å². The van der Waals surface area contributed by atoms with E-state index in [-0.39, 0.29) is 0 Å². The first kappa shape index (κ1) is 5.64. The Balaban J connectivity index is 2.71. The van der Waals surface area contributed by atoms with E-state index in [2.05, 4.69) is 25.3 Å². The van der Waals surface area contributed by atoms with Crippen LogP contribution in [0.4, 0.5) is 0 Å². The van der Waals surface area contributed by atoms with Crippen molar-refractivity contribution in [3.63, 3.8) is 0 Å². The maximum absolute atomic E-state index is 4.08.